The van der Waals surface area contributed by atoms with Gasteiger partial charge in [-0.2, -0.15) is 4.31 Å². The highest BCUT2D eigenvalue weighted by atomic mass is 32.2. The lowest BCUT2D eigenvalue weighted by Crippen LogP contribution is -2.41. The number of hydrogen-bond donors (Lipinski definition) is 1. The Morgan fingerprint density at radius 3 is 2.32 bits per heavy atom. The van der Waals surface area contributed by atoms with Gasteiger partial charge in [0.2, 0.25) is 15.9 Å². The van der Waals surface area contributed by atoms with Crippen LogP contribution in [0.25, 0.3) is 10.8 Å². The van der Waals surface area contributed by atoms with Crippen molar-refractivity contribution in [1.82, 2.24) is 9.62 Å². The molecule has 0 heterocycles. The van der Waals surface area contributed by atoms with Crippen LogP contribution in [0.2, 0.25) is 0 Å². The van der Waals surface area contributed by atoms with E-state index in [1.807, 2.05) is 54.6 Å². The lowest BCUT2D eigenvalue weighted by Gasteiger charge is -2.20. The number of likely N-dealkylation sites (N-methyl/N-ethyl adjacent to an activating group) is 1. The summed E-state index contributed by atoms with van der Waals surface area (Å²) in [7, 11) is -3.74. The van der Waals surface area contributed by atoms with Crippen molar-refractivity contribution in [3.63, 3.8) is 0 Å². The molecule has 0 fully saturated rings. The molecule has 0 bridgehead atoms. The lowest BCUT2D eigenvalue weighted by molar-refractivity contribution is -0.121. The van der Waals surface area contributed by atoms with E-state index < -0.39 is 10.0 Å². The van der Waals surface area contributed by atoms with Crippen molar-refractivity contribution in [2.24, 2.45) is 0 Å². The molecule has 5 nitrogen and oxygen atoms in total. The van der Waals surface area contributed by atoms with E-state index in [1.54, 1.807) is 25.1 Å². The SMILES string of the molecule is CCN(CC(=O)NCCc1ccccc1)S(=O)(=O)c1ccc2ccccc2c1. The Kier molecular flexibility index (Phi) is 6.44. The first-order valence-corrected chi connectivity index (χ1v) is 10.7. The van der Waals surface area contributed by atoms with Gasteiger partial charge in [0, 0.05) is 13.1 Å². The Morgan fingerprint density at radius 1 is 0.929 bits per heavy atom. The van der Waals surface area contributed by atoms with Crippen LogP contribution in [0, 0.1) is 0 Å². The fraction of sp³-hybridized carbons (Fsp3) is 0.227. The first-order valence-electron chi connectivity index (χ1n) is 9.30. The minimum atomic E-state index is -3.74. The molecule has 0 aromatic heterocycles. The Morgan fingerprint density at radius 2 is 1.61 bits per heavy atom. The number of fused-ring (bicyclic) bond motifs is 1. The molecule has 0 spiro atoms. The molecule has 146 valence electrons. The number of benzene rings is 3. The molecule has 0 unspecified atom stereocenters. The van der Waals surface area contributed by atoms with E-state index in [-0.39, 0.29) is 23.9 Å². The molecular formula is C22H24N2O3S. The van der Waals surface area contributed by atoms with Gasteiger partial charge in [-0.25, -0.2) is 8.42 Å². The molecule has 6 heteroatoms. The summed E-state index contributed by atoms with van der Waals surface area (Å²) in [5.74, 6) is -0.304. The van der Waals surface area contributed by atoms with Crippen molar-refractivity contribution in [3.05, 3.63) is 78.4 Å². The summed E-state index contributed by atoms with van der Waals surface area (Å²) in [6.07, 6.45) is 0.704. The van der Waals surface area contributed by atoms with Crippen LogP contribution in [-0.4, -0.2) is 38.3 Å². The van der Waals surface area contributed by atoms with Crippen LogP contribution in [0.3, 0.4) is 0 Å². The molecule has 3 rings (SSSR count). The van der Waals surface area contributed by atoms with Crippen molar-refractivity contribution < 1.29 is 13.2 Å². The highest BCUT2D eigenvalue weighted by Crippen LogP contribution is 2.21. The van der Waals surface area contributed by atoms with Crippen LogP contribution in [-0.2, 0) is 21.2 Å². The highest BCUT2D eigenvalue weighted by molar-refractivity contribution is 7.89. The molecule has 0 aliphatic heterocycles. The zero-order valence-electron chi connectivity index (χ0n) is 15.8. The second-order valence-electron chi connectivity index (χ2n) is 6.53. The Hall–Kier alpha value is -2.70. The number of nitrogens with zero attached hydrogens (tertiary/aromatic N) is 1. The van der Waals surface area contributed by atoms with Crippen LogP contribution in [0.4, 0.5) is 0 Å². The zero-order chi connectivity index (χ0) is 20.0. The first-order chi connectivity index (χ1) is 13.5. The Balaban J connectivity index is 1.66. The summed E-state index contributed by atoms with van der Waals surface area (Å²) in [6, 6.07) is 22.5. The van der Waals surface area contributed by atoms with Gasteiger partial charge in [-0.1, -0.05) is 67.6 Å². The number of carbonyl (C=O) groups is 1. The molecule has 0 saturated heterocycles. The fourth-order valence-electron chi connectivity index (χ4n) is 3.05. The second kappa shape index (κ2) is 8.99. The number of nitrogens with one attached hydrogen (secondary N) is 1. The predicted molar refractivity (Wildman–Crippen MR) is 112 cm³/mol. The van der Waals surface area contributed by atoms with Gasteiger partial charge in [-0.05, 0) is 34.9 Å². The van der Waals surface area contributed by atoms with Crippen molar-refractivity contribution in [3.8, 4) is 0 Å². The summed E-state index contributed by atoms with van der Waals surface area (Å²) in [5, 5.41) is 4.63. The van der Waals surface area contributed by atoms with E-state index in [9.17, 15) is 13.2 Å². The van der Waals surface area contributed by atoms with E-state index in [4.69, 9.17) is 0 Å². The highest BCUT2D eigenvalue weighted by Gasteiger charge is 2.25. The third kappa shape index (κ3) is 4.77. The minimum absolute atomic E-state index is 0.194. The van der Waals surface area contributed by atoms with E-state index in [0.717, 1.165) is 16.3 Å². The molecule has 3 aromatic rings. The van der Waals surface area contributed by atoms with E-state index in [2.05, 4.69) is 5.32 Å². The molecular weight excluding hydrogens is 372 g/mol. The van der Waals surface area contributed by atoms with Gasteiger partial charge in [0.1, 0.15) is 0 Å². The molecule has 0 radical (unpaired) electrons. The van der Waals surface area contributed by atoms with Crippen molar-refractivity contribution >= 4 is 26.7 Å². The molecule has 0 aliphatic carbocycles. The van der Waals surface area contributed by atoms with Crippen molar-refractivity contribution in [1.29, 1.82) is 0 Å². The summed E-state index contributed by atoms with van der Waals surface area (Å²) in [5.41, 5.74) is 1.12. The fourth-order valence-corrected chi connectivity index (χ4v) is 4.49. The average Bonchev–Trinajstić information content (AvgIpc) is 2.72. The number of hydrogen-bond acceptors (Lipinski definition) is 3. The summed E-state index contributed by atoms with van der Waals surface area (Å²) >= 11 is 0. The predicted octanol–water partition coefficient (Wildman–Crippen LogP) is 3.21. The summed E-state index contributed by atoms with van der Waals surface area (Å²) in [4.78, 5) is 12.5. The second-order valence-corrected chi connectivity index (χ2v) is 8.46. The maximum absolute atomic E-state index is 13.0. The number of amides is 1. The quantitative estimate of drug-likeness (QED) is 0.636. The maximum atomic E-state index is 13.0. The molecule has 0 atom stereocenters. The third-order valence-corrected chi connectivity index (χ3v) is 6.53. The zero-order valence-corrected chi connectivity index (χ0v) is 16.7. The Labute approximate surface area is 166 Å². The lowest BCUT2D eigenvalue weighted by atomic mass is 10.1. The molecule has 3 aromatic carbocycles. The smallest absolute Gasteiger partial charge is 0.243 e. The molecule has 1 amide bonds. The first kappa shape index (κ1) is 20.0. The average molecular weight is 397 g/mol. The third-order valence-electron chi connectivity index (χ3n) is 4.61. The van der Waals surface area contributed by atoms with E-state index in [1.165, 1.54) is 4.31 Å². The molecule has 0 saturated carbocycles. The number of carbonyl (C=O) groups excluding carboxylic acids is 1. The van der Waals surface area contributed by atoms with Crippen LogP contribution >= 0.6 is 0 Å². The van der Waals surface area contributed by atoms with Gasteiger partial charge < -0.3 is 5.32 Å². The van der Waals surface area contributed by atoms with Crippen LogP contribution in [0.15, 0.2) is 77.7 Å². The monoisotopic (exact) mass is 396 g/mol. The van der Waals surface area contributed by atoms with Gasteiger partial charge in [-0.3, -0.25) is 4.79 Å². The molecule has 28 heavy (non-hydrogen) atoms. The number of sulfonamides is 1. The van der Waals surface area contributed by atoms with Gasteiger partial charge in [0.15, 0.2) is 0 Å². The van der Waals surface area contributed by atoms with Crippen molar-refractivity contribution in [2.45, 2.75) is 18.2 Å². The van der Waals surface area contributed by atoms with Gasteiger partial charge in [0.25, 0.3) is 0 Å². The van der Waals surface area contributed by atoms with E-state index >= 15 is 0 Å². The standard InChI is InChI=1S/C22H24N2O3S/c1-2-24(17-22(25)23-15-14-18-8-4-3-5-9-18)28(26,27)21-13-12-19-10-6-7-11-20(19)16-21/h3-13,16H,2,14-15,17H2,1H3,(H,23,25). The largest absolute Gasteiger partial charge is 0.355 e. The maximum Gasteiger partial charge on any atom is 0.243 e. The topological polar surface area (TPSA) is 66.5 Å². The summed E-state index contributed by atoms with van der Waals surface area (Å²) in [6.45, 7) is 2.23. The number of rotatable bonds is 8. The van der Waals surface area contributed by atoms with Crippen LogP contribution < -0.4 is 5.32 Å². The van der Waals surface area contributed by atoms with E-state index in [0.29, 0.717) is 13.0 Å². The molecule has 1 N–H and O–H groups in total. The summed E-state index contributed by atoms with van der Waals surface area (Å²) < 4.78 is 27.2. The normalized spacial score (nSPS) is 11.6. The van der Waals surface area contributed by atoms with Crippen LogP contribution in [0.1, 0.15) is 12.5 Å². The van der Waals surface area contributed by atoms with Gasteiger partial charge in [0.05, 0.1) is 11.4 Å². The van der Waals surface area contributed by atoms with Crippen molar-refractivity contribution in [2.75, 3.05) is 19.6 Å². The Bertz CT molecular complexity index is 1050. The van der Waals surface area contributed by atoms with Gasteiger partial charge >= 0.3 is 0 Å². The van der Waals surface area contributed by atoms with Gasteiger partial charge in [-0.15, -0.1) is 0 Å². The van der Waals surface area contributed by atoms with Crippen LogP contribution in [0.5, 0.6) is 0 Å². The minimum Gasteiger partial charge on any atom is -0.355 e. The molecule has 0 aliphatic rings.